The second kappa shape index (κ2) is 20.6. The number of hydrogen-bond acceptors (Lipinski definition) is 12. The number of anilines is 1. The van der Waals surface area contributed by atoms with Crippen LogP contribution < -0.4 is 20.5 Å². The summed E-state index contributed by atoms with van der Waals surface area (Å²) in [5, 5.41) is 12.4. The fourth-order valence-corrected chi connectivity index (χ4v) is 11.0. The first-order valence-corrected chi connectivity index (χ1v) is 22.3. The van der Waals surface area contributed by atoms with Gasteiger partial charge in [0.05, 0.1) is 33.3 Å². The van der Waals surface area contributed by atoms with E-state index in [1.54, 1.807) is 44.6 Å². The van der Waals surface area contributed by atoms with Crippen molar-refractivity contribution in [3.05, 3.63) is 154 Å². The van der Waals surface area contributed by atoms with Crippen LogP contribution in [0.2, 0.25) is 0 Å². The molecular formula is C47H55N5O9P+. The molecule has 0 saturated carbocycles. The largest absolute Gasteiger partial charge is 0.497 e. The van der Waals surface area contributed by atoms with Gasteiger partial charge in [0.2, 0.25) is 0 Å². The van der Waals surface area contributed by atoms with E-state index < -0.39 is 49.6 Å². The zero-order chi connectivity index (χ0) is 44.4. The van der Waals surface area contributed by atoms with Crippen molar-refractivity contribution in [2.45, 2.75) is 76.3 Å². The summed E-state index contributed by atoms with van der Waals surface area (Å²) in [5.41, 5.74) is 0.797. The van der Waals surface area contributed by atoms with Gasteiger partial charge in [0.15, 0.2) is 12.3 Å². The second-order valence-electron chi connectivity index (χ2n) is 15.3. The van der Waals surface area contributed by atoms with Gasteiger partial charge in [0.25, 0.3) is 5.91 Å². The maximum absolute atomic E-state index is 13.9. The summed E-state index contributed by atoms with van der Waals surface area (Å²) in [5.74, 6) is 0.944. The maximum atomic E-state index is 13.9. The van der Waals surface area contributed by atoms with Crippen molar-refractivity contribution in [3.8, 4) is 17.6 Å². The number of ether oxygens (including phenoxy) is 5. The highest BCUT2D eigenvalue weighted by Crippen LogP contribution is 2.64. The van der Waals surface area contributed by atoms with Gasteiger partial charge in [-0.3, -0.25) is 9.36 Å². The molecule has 5 aromatic rings. The Morgan fingerprint density at radius 2 is 1.40 bits per heavy atom. The van der Waals surface area contributed by atoms with E-state index in [4.69, 9.17) is 28.2 Å². The standard InChI is InChI=1S/C47H54N5O9P/c1-32(2)52(33(3)4)62(55,30-14-28-48)61-42-40(60-45(43(42)58-7)51-29-27-41(50-46(51)54)49-44(53)34-15-10-8-11-16-34)31-59-47(35-17-12-9-13-18-35,36-19-23-38(56-5)24-20-36)37-21-25-39(57-6)26-22-37/h8-13,15-27,29,32-33,40,42-43,45,55H,14,30-31H2,1-7H3/p+1. The minimum absolute atomic E-state index is 0.0294. The van der Waals surface area contributed by atoms with Crippen molar-refractivity contribution in [3.63, 3.8) is 0 Å². The first-order valence-electron chi connectivity index (χ1n) is 20.5. The summed E-state index contributed by atoms with van der Waals surface area (Å²) in [6, 6.07) is 37.0. The van der Waals surface area contributed by atoms with E-state index >= 15 is 0 Å². The van der Waals surface area contributed by atoms with Gasteiger partial charge in [-0.15, -0.1) is 4.67 Å². The number of methoxy groups -OCH3 is 3. The Balaban J connectivity index is 1.46. The van der Waals surface area contributed by atoms with Gasteiger partial charge < -0.3 is 29.0 Å². The van der Waals surface area contributed by atoms with Crippen LogP contribution in [0.25, 0.3) is 0 Å². The second-order valence-corrected chi connectivity index (χ2v) is 17.8. The fourth-order valence-electron chi connectivity index (χ4n) is 8.11. The Kier molecular flexibility index (Phi) is 15.3. The highest BCUT2D eigenvalue weighted by atomic mass is 31.2. The molecule has 2 N–H and O–H groups in total. The predicted molar refractivity (Wildman–Crippen MR) is 237 cm³/mol. The molecule has 0 radical (unpaired) electrons. The van der Waals surface area contributed by atoms with Crippen LogP contribution in [-0.4, -0.2) is 89.5 Å². The molecule has 15 heteroatoms. The molecule has 1 aliphatic rings. The summed E-state index contributed by atoms with van der Waals surface area (Å²) < 4.78 is 41.4. The average Bonchev–Trinajstić information content (AvgIpc) is 3.62. The van der Waals surface area contributed by atoms with Crippen LogP contribution in [0.1, 0.15) is 67.4 Å². The van der Waals surface area contributed by atoms with E-state index in [-0.39, 0.29) is 37.1 Å². The van der Waals surface area contributed by atoms with Gasteiger partial charge in [-0.05, 0) is 86.8 Å². The molecule has 1 aliphatic heterocycles. The third-order valence-corrected chi connectivity index (χ3v) is 13.8. The van der Waals surface area contributed by atoms with Crippen LogP contribution in [0, 0.1) is 11.3 Å². The SMILES string of the molecule is COc1ccc(C(OCC2OC(n3ccc(NC(=O)c4ccccc4)nc3=O)C(OC)C2O[P+](O)(CCC#N)N(C(C)C)C(C)C)(c2ccccc2)c2ccc(OC)cc2)cc1. The van der Waals surface area contributed by atoms with E-state index in [9.17, 15) is 19.7 Å². The molecule has 62 heavy (non-hydrogen) atoms. The van der Waals surface area contributed by atoms with Crippen LogP contribution in [0.3, 0.4) is 0 Å². The molecule has 0 aliphatic carbocycles. The Morgan fingerprint density at radius 1 is 0.855 bits per heavy atom. The molecule has 326 valence electrons. The molecule has 6 rings (SSSR count). The monoisotopic (exact) mass is 864 g/mol. The molecule has 1 saturated heterocycles. The van der Waals surface area contributed by atoms with Gasteiger partial charge in [-0.1, -0.05) is 72.8 Å². The number of benzene rings is 4. The van der Waals surface area contributed by atoms with Crippen LogP contribution >= 0.6 is 7.87 Å². The minimum Gasteiger partial charge on any atom is -0.497 e. The lowest BCUT2D eigenvalue weighted by molar-refractivity contribution is -0.0958. The highest BCUT2D eigenvalue weighted by molar-refractivity contribution is 7.63. The third kappa shape index (κ3) is 9.91. The van der Waals surface area contributed by atoms with E-state index in [1.165, 1.54) is 23.9 Å². The number of amides is 1. The van der Waals surface area contributed by atoms with E-state index in [0.29, 0.717) is 17.1 Å². The minimum atomic E-state index is -3.57. The van der Waals surface area contributed by atoms with Crippen molar-refractivity contribution < 1.29 is 37.9 Å². The molecule has 4 aromatic carbocycles. The topological polar surface area (TPSA) is 167 Å². The molecule has 0 bridgehead atoms. The summed E-state index contributed by atoms with van der Waals surface area (Å²) in [7, 11) is 1.12. The van der Waals surface area contributed by atoms with Crippen molar-refractivity contribution in [2.75, 3.05) is 39.4 Å². The fraction of sp³-hybridized carbons (Fsp3) is 0.362. The number of nitrogens with zero attached hydrogens (tertiary/aromatic N) is 4. The summed E-state index contributed by atoms with van der Waals surface area (Å²) in [6.07, 6.45) is -2.57. The molecule has 5 atom stereocenters. The lowest BCUT2D eigenvalue weighted by Crippen LogP contribution is -2.45. The molecule has 2 heterocycles. The molecule has 1 aromatic heterocycles. The number of nitriles is 1. The smallest absolute Gasteiger partial charge is 0.351 e. The van der Waals surface area contributed by atoms with E-state index in [1.807, 2.05) is 111 Å². The number of hydrogen-bond donors (Lipinski definition) is 2. The van der Waals surface area contributed by atoms with Crippen LogP contribution in [0.15, 0.2) is 126 Å². The van der Waals surface area contributed by atoms with Crippen LogP contribution in [0.5, 0.6) is 11.5 Å². The van der Waals surface area contributed by atoms with Crippen molar-refractivity contribution >= 4 is 19.6 Å². The Labute approximate surface area is 363 Å². The first kappa shape index (κ1) is 46.0. The van der Waals surface area contributed by atoms with Crippen LogP contribution in [-0.2, 0) is 24.3 Å². The number of carbonyl (C=O) groups excluding carboxylic acids is 1. The average molecular weight is 865 g/mol. The first-order chi connectivity index (χ1) is 29.9. The summed E-state index contributed by atoms with van der Waals surface area (Å²) in [4.78, 5) is 43.7. The van der Waals surface area contributed by atoms with E-state index in [0.717, 1.165) is 16.7 Å². The van der Waals surface area contributed by atoms with Crippen molar-refractivity contribution in [1.29, 1.82) is 5.26 Å². The zero-order valence-corrected chi connectivity index (χ0v) is 37.0. The molecule has 1 amide bonds. The van der Waals surface area contributed by atoms with Crippen molar-refractivity contribution in [1.82, 2.24) is 14.2 Å². The molecule has 14 nitrogen and oxygen atoms in total. The molecule has 1 fully saturated rings. The Bertz CT molecular complexity index is 2270. The quantitative estimate of drug-likeness (QED) is 0.0618. The van der Waals surface area contributed by atoms with Crippen LogP contribution in [0.4, 0.5) is 5.82 Å². The summed E-state index contributed by atoms with van der Waals surface area (Å²) in [6.45, 7) is 7.71. The Hall–Kier alpha value is -5.49. The van der Waals surface area contributed by atoms with Gasteiger partial charge in [-0.25, -0.2) is 9.69 Å². The predicted octanol–water partition coefficient (Wildman–Crippen LogP) is 7.61. The third-order valence-electron chi connectivity index (χ3n) is 10.8. The Morgan fingerprint density at radius 3 is 1.90 bits per heavy atom. The lowest BCUT2D eigenvalue weighted by atomic mass is 9.80. The normalized spacial score (nSPS) is 18.7. The zero-order valence-electron chi connectivity index (χ0n) is 36.1. The molecule has 0 spiro atoms. The molecular weight excluding hydrogens is 810 g/mol. The lowest BCUT2D eigenvalue weighted by Gasteiger charge is -2.39. The number of nitrogens with one attached hydrogen (secondary N) is 1. The highest BCUT2D eigenvalue weighted by Gasteiger charge is 2.58. The number of carbonyl (C=O) groups is 1. The number of aromatic nitrogens is 2. The van der Waals surface area contributed by atoms with Gasteiger partial charge >= 0.3 is 13.6 Å². The van der Waals surface area contributed by atoms with E-state index in [2.05, 4.69) is 16.4 Å². The van der Waals surface area contributed by atoms with Crippen molar-refractivity contribution in [2.24, 2.45) is 0 Å². The van der Waals surface area contributed by atoms with Gasteiger partial charge in [0, 0.05) is 31.0 Å². The van der Waals surface area contributed by atoms with Gasteiger partial charge in [-0.2, -0.15) is 14.8 Å². The maximum Gasteiger partial charge on any atom is 0.351 e. The number of rotatable bonds is 19. The molecule has 5 unspecified atom stereocenters. The van der Waals surface area contributed by atoms with Gasteiger partial charge in [0.1, 0.15) is 41.3 Å². The summed E-state index contributed by atoms with van der Waals surface area (Å²) >= 11 is 0.